The molecular formula is C20H29N3O2. The number of para-hydroxylation sites is 1. The Bertz CT molecular complexity index is 566. The van der Waals surface area contributed by atoms with E-state index in [0.29, 0.717) is 6.10 Å². The van der Waals surface area contributed by atoms with Crippen LogP contribution in [0.25, 0.3) is 0 Å². The molecule has 136 valence electrons. The standard InChI is InChI=1S/C20H29N3O2/c24-20-19(9-4-10-23(20)17-6-2-1-3-7-17)22-13-11-21(12-14-22)16-18-8-5-15-25-18/h1-3,6-7,18-19H,4-5,8-16H2. The molecule has 3 aliphatic heterocycles. The number of amides is 1. The summed E-state index contributed by atoms with van der Waals surface area (Å²) in [5.74, 6) is 0.282. The van der Waals surface area contributed by atoms with Crippen LogP contribution in [-0.2, 0) is 9.53 Å². The van der Waals surface area contributed by atoms with Crippen LogP contribution in [0.3, 0.4) is 0 Å². The molecule has 3 aliphatic rings. The van der Waals surface area contributed by atoms with Crippen molar-refractivity contribution < 1.29 is 9.53 Å². The van der Waals surface area contributed by atoms with E-state index in [4.69, 9.17) is 4.74 Å². The average Bonchev–Trinajstić information content (AvgIpc) is 3.17. The topological polar surface area (TPSA) is 36.0 Å². The van der Waals surface area contributed by atoms with Crippen LogP contribution < -0.4 is 4.90 Å². The van der Waals surface area contributed by atoms with Crippen molar-refractivity contribution in [1.82, 2.24) is 9.80 Å². The van der Waals surface area contributed by atoms with Gasteiger partial charge in [0, 0.05) is 51.6 Å². The number of ether oxygens (including phenoxy) is 1. The minimum Gasteiger partial charge on any atom is -0.377 e. The number of carbonyl (C=O) groups is 1. The number of piperazine rings is 1. The molecule has 1 aromatic rings. The fourth-order valence-electron chi connectivity index (χ4n) is 4.39. The molecule has 3 heterocycles. The van der Waals surface area contributed by atoms with E-state index in [0.717, 1.165) is 64.4 Å². The van der Waals surface area contributed by atoms with Crippen molar-refractivity contribution in [3.63, 3.8) is 0 Å². The summed E-state index contributed by atoms with van der Waals surface area (Å²) in [7, 11) is 0. The van der Waals surface area contributed by atoms with Gasteiger partial charge in [-0.05, 0) is 37.8 Å². The van der Waals surface area contributed by atoms with E-state index in [9.17, 15) is 4.79 Å². The van der Waals surface area contributed by atoms with Gasteiger partial charge in [0.1, 0.15) is 0 Å². The second kappa shape index (κ2) is 7.85. The van der Waals surface area contributed by atoms with Gasteiger partial charge in [-0.1, -0.05) is 18.2 Å². The van der Waals surface area contributed by atoms with Gasteiger partial charge < -0.3 is 9.64 Å². The van der Waals surface area contributed by atoms with Crippen molar-refractivity contribution in [2.75, 3.05) is 50.8 Å². The molecule has 5 nitrogen and oxygen atoms in total. The van der Waals surface area contributed by atoms with Crippen LogP contribution in [0.2, 0.25) is 0 Å². The lowest BCUT2D eigenvalue weighted by atomic mass is 10.0. The predicted molar refractivity (Wildman–Crippen MR) is 98.8 cm³/mol. The molecule has 0 saturated carbocycles. The van der Waals surface area contributed by atoms with Crippen LogP contribution in [0.4, 0.5) is 5.69 Å². The SMILES string of the molecule is O=C1C(N2CCN(CC3CCCO3)CC2)CCCN1c1ccccc1. The zero-order valence-corrected chi connectivity index (χ0v) is 15.0. The van der Waals surface area contributed by atoms with Crippen LogP contribution in [-0.4, -0.2) is 73.7 Å². The maximum atomic E-state index is 13.0. The van der Waals surface area contributed by atoms with Gasteiger partial charge >= 0.3 is 0 Å². The second-order valence-electron chi connectivity index (χ2n) is 7.46. The summed E-state index contributed by atoms with van der Waals surface area (Å²) in [4.78, 5) is 19.9. The number of piperidine rings is 1. The van der Waals surface area contributed by atoms with Crippen LogP contribution >= 0.6 is 0 Å². The van der Waals surface area contributed by atoms with E-state index >= 15 is 0 Å². The van der Waals surface area contributed by atoms with Crippen LogP contribution in [0.1, 0.15) is 25.7 Å². The summed E-state index contributed by atoms with van der Waals surface area (Å²) < 4.78 is 5.76. The Hall–Kier alpha value is -1.43. The zero-order chi connectivity index (χ0) is 17.1. The van der Waals surface area contributed by atoms with Crippen LogP contribution in [0.5, 0.6) is 0 Å². The highest BCUT2D eigenvalue weighted by molar-refractivity contribution is 5.97. The first-order valence-corrected chi connectivity index (χ1v) is 9.76. The van der Waals surface area contributed by atoms with Gasteiger partial charge in [0.15, 0.2) is 0 Å². The zero-order valence-electron chi connectivity index (χ0n) is 15.0. The van der Waals surface area contributed by atoms with Crippen molar-refractivity contribution >= 4 is 11.6 Å². The van der Waals surface area contributed by atoms with E-state index < -0.39 is 0 Å². The van der Waals surface area contributed by atoms with Gasteiger partial charge in [0.2, 0.25) is 5.91 Å². The van der Waals surface area contributed by atoms with E-state index in [1.165, 1.54) is 12.8 Å². The lowest BCUT2D eigenvalue weighted by Crippen LogP contribution is -2.58. The Labute approximate surface area is 150 Å². The summed E-state index contributed by atoms with van der Waals surface area (Å²) >= 11 is 0. The molecule has 3 saturated heterocycles. The Morgan fingerprint density at radius 3 is 2.48 bits per heavy atom. The lowest BCUT2D eigenvalue weighted by Gasteiger charge is -2.42. The molecule has 3 fully saturated rings. The molecule has 2 atom stereocenters. The summed E-state index contributed by atoms with van der Waals surface area (Å²) in [5, 5.41) is 0. The van der Waals surface area contributed by atoms with Gasteiger partial charge in [-0.25, -0.2) is 0 Å². The molecule has 2 unspecified atom stereocenters. The van der Waals surface area contributed by atoms with Gasteiger partial charge in [-0.3, -0.25) is 14.6 Å². The van der Waals surface area contributed by atoms with Crippen molar-refractivity contribution in [2.24, 2.45) is 0 Å². The Morgan fingerprint density at radius 1 is 0.960 bits per heavy atom. The molecular weight excluding hydrogens is 314 g/mol. The van der Waals surface area contributed by atoms with Crippen LogP contribution in [0, 0.1) is 0 Å². The predicted octanol–water partition coefficient (Wildman–Crippen LogP) is 1.98. The number of anilines is 1. The van der Waals surface area contributed by atoms with Gasteiger partial charge in [0.05, 0.1) is 12.1 Å². The highest BCUT2D eigenvalue weighted by Crippen LogP contribution is 2.24. The second-order valence-corrected chi connectivity index (χ2v) is 7.46. The first kappa shape index (κ1) is 17.0. The molecule has 0 N–H and O–H groups in total. The Kier molecular flexibility index (Phi) is 5.34. The van der Waals surface area contributed by atoms with E-state index in [-0.39, 0.29) is 11.9 Å². The maximum Gasteiger partial charge on any atom is 0.244 e. The molecule has 1 amide bonds. The van der Waals surface area contributed by atoms with Gasteiger partial charge in [-0.15, -0.1) is 0 Å². The normalized spacial score (nSPS) is 29.3. The Balaban J connectivity index is 1.33. The third-order valence-corrected chi connectivity index (χ3v) is 5.81. The van der Waals surface area contributed by atoms with Crippen molar-refractivity contribution in [3.05, 3.63) is 30.3 Å². The fraction of sp³-hybridized carbons (Fsp3) is 0.650. The van der Waals surface area contributed by atoms with Gasteiger partial charge in [0.25, 0.3) is 0 Å². The minimum atomic E-state index is 0.0545. The monoisotopic (exact) mass is 343 g/mol. The minimum absolute atomic E-state index is 0.0545. The number of rotatable bonds is 4. The maximum absolute atomic E-state index is 13.0. The van der Waals surface area contributed by atoms with E-state index in [1.54, 1.807) is 0 Å². The quantitative estimate of drug-likeness (QED) is 0.838. The molecule has 0 aliphatic carbocycles. The molecule has 5 heteroatoms. The third kappa shape index (κ3) is 3.89. The number of carbonyl (C=O) groups excluding carboxylic acids is 1. The summed E-state index contributed by atoms with van der Waals surface area (Å²) in [5.41, 5.74) is 1.04. The first-order valence-electron chi connectivity index (χ1n) is 9.76. The third-order valence-electron chi connectivity index (χ3n) is 5.81. The summed E-state index contributed by atoms with van der Waals surface area (Å²) in [6, 6.07) is 10.2. The summed E-state index contributed by atoms with van der Waals surface area (Å²) in [6.07, 6.45) is 4.91. The molecule has 0 radical (unpaired) electrons. The molecule has 0 spiro atoms. The van der Waals surface area contributed by atoms with E-state index in [2.05, 4.69) is 9.80 Å². The molecule has 4 rings (SSSR count). The van der Waals surface area contributed by atoms with Crippen molar-refractivity contribution in [3.8, 4) is 0 Å². The van der Waals surface area contributed by atoms with Crippen molar-refractivity contribution in [2.45, 2.75) is 37.8 Å². The van der Waals surface area contributed by atoms with Crippen LogP contribution in [0.15, 0.2) is 30.3 Å². The lowest BCUT2D eigenvalue weighted by molar-refractivity contribution is -0.126. The summed E-state index contributed by atoms with van der Waals surface area (Å²) in [6.45, 7) is 6.92. The fourth-order valence-corrected chi connectivity index (χ4v) is 4.39. The van der Waals surface area contributed by atoms with Crippen molar-refractivity contribution in [1.29, 1.82) is 0 Å². The number of hydrogen-bond donors (Lipinski definition) is 0. The molecule has 0 aromatic heterocycles. The van der Waals surface area contributed by atoms with E-state index in [1.807, 2.05) is 35.2 Å². The molecule has 1 aromatic carbocycles. The number of benzene rings is 1. The highest BCUT2D eigenvalue weighted by Gasteiger charge is 2.35. The molecule has 0 bridgehead atoms. The Morgan fingerprint density at radius 2 is 1.76 bits per heavy atom. The first-order chi connectivity index (χ1) is 12.3. The number of nitrogens with zero attached hydrogens (tertiary/aromatic N) is 3. The number of hydrogen-bond acceptors (Lipinski definition) is 4. The average molecular weight is 343 g/mol. The molecule has 25 heavy (non-hydrogen) atoms. The van der Waals surface area contributed by atoms with Gasteiger partial charge in [-0.2, -0.15) is 0 Å². The largest absolute Gasteiger partial charge is 0.377 e. The smallest absolute Gasteiger partial charge is 0.244 e. The highest BCUT2D eigenvalue weighted by atomic mass is 16.5.